The van der Waals surface area contributed by atoms with Crippen LogP contribution in [0.4, 0.5) is 0 Å². The van der Waals surface area contributed by atoms with Gasteiger partial charge in [-0.2, -0.15) is 0 Å². The molecule has 0 fully saturated rings. The standard InChI is InChI=1S/C23H31N5O2/c1-4-17-7-5-8-19-18(15-28-20(17)19)9-13-27-23(24-3)26-12-6-11-25-22(29)21-16(2)10-14-30-21/h5,7-8,10,14-15,28H,4,6,9,11-13H2,1-3H3,(H,25,29)(H2,24,26,27). The van der Waals surface area contributed by atoms with Gasteiger partial charge in [0.2, 0.25) is 0 Å². The number of H-pyrrole nitrogens is 1. The summed E-state index contributed by atoms with van der Waals surface area (Å²) in [5, 5.41) is 10.8. The van der Waals surface area contributed by atoms with Gasteiger partial charge in [0.15, 0.2) is 11.7 Å². The van der Waals surface area contributed by atoms with Crippen molar-refractivity contribution in [1.29, 1.82) is 0 Å². The van der Waals surface area contributed by atoms with E-state index in [9.17, 15) is 4.79 Å². The molecule has 7 nitrogen and oxygen atoms in total. The van der Waals surface area contributed by atoms with Crippen molar-refractivity contribution < 1.29 is 9.21 Å². The smallest absolute Gasteiger partial charge is 0.287 e. The number of nitrogens with zero attached hydrogens (tertiary/aromatic N) is 1. The first kappa shape index (κ1) is 21.5. The van der Waals surface area contributed by atoms with Gasteiger partial charge in [0.25, 0.3) is 5.91 Å². The third-order valence-corrected chi connectivity index (χ3v) is 5.18. The molecule has 3 aromatic rings. The number of fused-ring (bicyclic) bond motifs is 1. The summed E-state index contributed by atoms with van der Waals surface area (Å²) in [6.45, 7) is 6.10. The van der Waals surface area contributed by atoms with E-state index in [0.717, 1.165) is 37.3 Å². The molecule has 160 valence electrons. The second kappa shape index (κ2) is 10.5. The number of hydrogen-bond donors (Lipinski definition) is 4. The summed E-state index contributed by atoms with van der Waals surface area (Å²) in [6, 6.07) is 8.25. The minimum Gasteiger partial charge on any atom is -0.459 e. The zero-order chi connectivity index (χ0) is 21.3. The lowest BCUT2D eigenvalue weighted by Gasteiger charge is -2.12. The SMILES string of the molecule is CCc1cccc2c(CCNC(=NC)NCCCNC(=O)c3occc3C)c[nH]c12. The van der Waals surface area contributed by atoms with Crippen molar-refractivity contribution in [1.82, 2.24) is 20.9 Å². The highest BCUT2D eigenvalue weighted by molar-refractivity contribution is 5.92. The summed E-state index contributed by atoms with van der Waals surface area (Å²) in [5.41, 5.74) is 4.73. The number of aromatic amines is 1. The molecular formula is C23H31N5O2. The third kappa shape index (κ3) is 5.23. The van der Waals surface area contributed by atoms with E-state index in [-0.39, 0.29) is 5.91 Å². The molecule has 3 rings (SSSR count). The molecule has 0 aliphatic rings. The highest BCUT2D eigenvalue weighted by Crippen LogP contribution is 2.22. The molecule has 0 bridgehead atoms. The molecule has 2 aromatic heterocycles. The molecule has 0 saturated heterocycles. The number of carbonyl (C=O) groups excluding carboxylic acids is 1. The molecule has 7 heteroatoms. The maximum absolute atomic E-state index is 12.0. The average Bonchev–Trinajstić information content (AvgIpc) is 3.38. The molecule has 0 saturated carbocycles. The number of amides is 1. The van der Waals surface area contributed by atoms with Crippen molar-refractivity contribution in [3.8, 4) is 0 Å². The summed E-state index contributed by atoms with van der Waals surface area (Å²) in [6.07, 6.45) is 6.35. The zero-order valence-electron chi connectivity index (χ0n) is 18.0. The van der Waals surface area contributed by atoms with E-state index in [1.807, 2.05) is 6.92 Å². The molecule has 0 aliphatic heterocycles. The van der Waals surface area contributed by atoms with Crippen molar-refractivity contribution in [2.24, 2.45) is 4.99 Å². The Morgan fingerprint density at radius 2 is 1.90 bits per heavy atom. The van der Waals surface area contributed by atoms with E-state index in [1.54, 1.807) is 13.1 Å². The number of nitrogens with one attached hydrogen (secondary N) is 4. The van der Waals surface area contributed by atoms with Crippen LogP contribution in [0, 0.1) is 6.92 Å². The fraction of sp³-hybridized carbons (Fsp3) is 0.391. The Labute approximate surface area is 177 Å². The van der Waals surface area contributed by atoms with Crippen LogP contribution in [-0.4, -0.2) is 43.5 Å². The van der Waals surface area contributed by atoms with Crippen molar-refractivity contribution in [2.75, 3.05) is 26.7 Å². The number of aliphatic imine (C=N–C) groups is 1. The number of benzene rings is 1. The Morgan fingerprint density at radius 1 is 1.10 bits per heavy atom. The van der Waals surface area contributed by atoms with Gasteiger partial charge in [-0.05, 0) is 43.4 Å². The summed E-state index contributed by atoms with van der Waals surface area (Å²) in [4.78, 5) is 19.7. The minimum atomic E-state index is -0.176. The van der Waals surface area contributed by atoms with Gasteiger partial charge in [-0.1, -0.05) is 25.1 Å². The number of aromatic nitrogens is 1. The number of guanidine groups is 1. The van der Waals surface area contributed by atoms with E-state index < -0.39 is 0 Å². The second-order valence-electron chi connectivity index (χ2n) is 7.23. The van der Waals surface area contributed by atoms with Crippen LogP contribution in [0.15, 0.2) is 46.1 Å². The Bertz CT molecular complexity index is 1000. The fourth-order valence-corrected chi connectivity index (χ4v) is 3.50. The van der Waals surface area contributed by atoms with Gasteiger partial charge in [-0.15, -0.1) is 0 Å². The predicted octanol–water partition coefficient (Wildman–Crippen LogP) is 3.16. The molecule has 0 aliphatic carbocycles. The summed E-state index contributed by atoms with van der Waals surface area (Å²) < 4.78 is 5.19. The molecule has 1 amide bonds. The minimum absolute atomic E-state index is 0.176. The van der Waals surface area contributed by atoms with Crippen LogP contribution >= 0.6 is 0 Å². The molecule has 0 spiro atoms. The topological polar surface area (TPSA) is 94.5 Å². The van der Waals surface area contributed by atoms with Crippen LogP contribution in [-0.2, 0) is 12.8 Å². The van der Waals surface area contributed by atoms with Crippen LogP contribution < -0.4 is 16.0 Å². The number of hydrogen-bond acceptors (Lipinski definition) is 3. The largest absolute Gasteiger partial charge is 0.459 e. The van der Waals surface area contributed by atoms with Crippen molar-refractivity contribution in [3.05, 3.63) is 59.2 Å². The number of aryl methyl sites for hydroxylation is 2. The number of furan rings is 1. The van der Waals surface area contributed by atoms with Crippen LogP contribution in [0.25, 0.3) is 10.9 Å². The van der Waals surface area contributed by atoms with Gasteiger partial charge < -0.3 is 25.4 Å². The Kier molecular flexibility index (Phi) is 7.54. The highest BCUT2D eigenvalue weighted by Gasteiger charge is 2.11. The van der Waals surface area contributed by atoms with Crippen molar-refractivity contribution in [2.45, 2.75) is 33.1 Å². The maximum atomic E-state index is 12.0. The number of carbonyl (C=O) groups is 1. The van der Waals surface area contributed by atoms with E-state index in [2.05, 4.69) is 57.2 Å². The first-order valence-electron chi connectivity index (χ1n) is 10.5. The van der Waals surface area contributed by atoms with E-state index in [0.29, 0.717) is 18.8 Å². The summed E-state index contributed by atoms with van der Waals surface area (Å²) in [7, 11) is 1.76. The molecule has 0 unspecified atom stereocenters. The second-order valence-corrected chi connectivity index (χ2v) is 7.23. The lowest BCUT2D eigenvalue weighted by Crippen LogP contribution is -2.39. The first-order valence-corrected chi connectivity index (χ1v) is 10.5. The van der Waals surface area contributed by atoms with Gasteiger partial charge in [-0.25, -0.2) is 0 Å². The van der Waals surface area contributed by atoms with Crippen LogP contribution in [0.5, 0.6) is 0 Å². The van der Waals surface area contributed by atoms with E-state index in [1.165, 1.54) is 28.3 Å². The molecule has 0 atom stereocenters. The molecule has 2 heterocycles. The summed E-state index contributed by atoms with van der Waals surface area (Å²) >= 11 is 0. The predicted molar refractivity (Wildman–Crippen MR) is 121 cm³/mol. The van der Waals surface area contributed by atoms with Crippen molar-refractivity contribution in [3.63, 3.8) is 0 Å². The Hall–Kier alpha value is -3.22. The van der Waals surface area contributed by atoms with Crippen LogP contribution in [0.2, 0.25) is 0 Å². The molecule has 0 radical (unpaired) electrons. The Balaban J connectivity index is 1.37. The quantitative estimate of drug-likeness (QED) is 0.248. The normalized spacial score (nSPS) is 11.6. The molecule has 1 aromatic carbocycles. The lowest BCUT2D eigenvalue weighted by atomic mass is 10.1. The van der Waals surface area contributed by atoms with Gasteiger partial charge >= 0.3 is 0 Å². The lowest BCUT2D eigenvalue weighted by molar-refractivity contribution is 0.0925. The third-order valence-electron chi connectivity index (χ3n) is 5.18. The van der Waals surface area contributed by atoms with Gasteiger partial charge in [-0.3, -0.25) is 9.79 Å². The Morgan fingerprint density at radius 3 is 2.63 bits per heavy atom. The van der Waals surface area contributed by atoms with E-state index >= 15 is 0 Å². The first-order chi connectivity index (χ1) is 14.6. The highest BCUT2D eigenvalue weighted by atomic mass is 16.3. The fourth-order valence-electron chi connectivity index (χ4n) is 3.50. The van der Waals surface area contributed by atoms with Gasteiger partial charge in [0, 0.05) is 49.3 Å². The van der Waals surface area contributed by atoms with E-state index in [4.69, 9.17) is 4.42 Å². The van der Waals surface area contributed by atoms with Crippen LogP contribution in [0.3, 0.4) is 0 Å². The number of rotatable bonds is 9. The monoisotopic (exact) mass is 409 g/mol. The van der Waals surface area contributed by atoms with Crippen molar-refractivity contribution >= 4 is 22.8 Å². The number of para-hydroxylation sites is 1. The van der Waals surface area contributed by atoms with Gasteiger partial charge in [0.1, 0.15) is 0 Å². The zero-order valence-corrected chi connectivity index (χ0v) is 18.0. The summed E-state index contributed by atoms with van der Waals surface area (Å²) in [5.74, 6) is 0.964. The maximum Gasteiger partial charge on any atom is 0.287 e. The van der Waals surface area contributed by atoms with Crippen LogP contribution in [0.1, 0.15) is 40.6 Å². The molecule has 4 N–H and O–H groups in total. The molecule has 30 heavy (non-hydrogen) atoms. The average molecular weight is 410 g/mol. The molecular weight excluding hydrogens is 378 g/mol. The van der Waals surface area contributed by atoms with Gasteiger partial charge in [0.05, 0.1) is 6.26 Å².